The van der Waals surface area contributed by atoms with Gasteiger partial charge in [-0.25, -0.2) is 4.57 Å². The summed E-state index contributed by atoms with van der Waals surface area (Å²) >= 11 is 0. The zero-order valence-corrected chi connectivity index (χ0v) is 12.6. The van der Waals surface area contributed by atoms with Crippen molar-refractivity contribution < 1.29 is 24.4 Å². The quantitative estimate of drug-likeness (QED) is 0.368. The first-order valence-electron chi connectivity index (χ1n) is 6.48. The number of benzene rings is 1. The van der Waals surface area contributed by atoms with Crippen molar-refractivity contribution in [1.29, 1.82) is 0 Å². The summed E-state index contributed by atoms with van der Waals surface area (Å²) in [6.07, 6.45) is 7.35. The van der Waals surface area contributed by atoms with E-state index >= 15 is 0 Å². The van der Waals surface area contributed by atoms with Crippen molar-refractivity contribution >= 4 is 7.82 Å². The van der Waals surface area contributed by atoms with E-state index in [2.05, 4.69) is 19.6 Å². The summed E-state index contributed by atoms with van der Waals surface area (Å²) in [5, 5.41) is 9.73. The highest BCUT2D eigenvalue weighted by molar-refractivity contribution is 7.45. The van der Waals surface area contributed by atoms with Crippen molar-refractivity contribution in [1.82, 2.24) is 0 Å². The second kappa shape index (κ2) is 9.72. The third-order valence-electron chi connectivity index (χ3n) is 2.65. The summed E-state index contributed by atoms with van der Waals surface area (Å²) in [6.45, 7) is 5.93. The van der Waals surface area contributed by atoms with Gasteiger partial charge in [0.15, 0.2) is 0 Å². The molecule has 0 fully saturated rings. The summed E-state index contributed by atoms with van der Waals surface area (Å²) in [4.78, 5) is 21.6. The number of phenolic OH excluding ortho intramolecular Hbond substituents is 1. The highest BCUT2D eigenvalue weighted by Crippen LogP contribution is 2.26. The number of hydrogen-bond acceptors (Lipinski definition) is 2. The molecule has 0 atom stereocenters. The molecule has 0 unspecified atom stereocenters. The van der Waals surface area contributed by atoms with Gasteiger partial charge in [-0.2, -0.15) is 0 Å². The Bertz CT molecular complexity index is 445. The van der Waals surface area contributed by atoms with Crippen molar-refractivity contribution in [3.05, 3.63) is 42.0 Å². The Balaban J connectivity index is 0.000000621. The molecule has 0 aliphatic rings. The lowest BCUT2D eigenvalue weighted by Gasteiger charge is -2.09. The van der Waals surface area contributed by atoms with Gasteiger partial charge in [-0.1, -0.05) is 38.0 Å². The van der Waals surface area contributed by atoms with Crippen LogP contribution >= 0.6 is 7.82 Å². The number of rotatable bonds is 6. The zero-order chi connectivity index (χ0) is 15.6. The van der Waals surface area contributed by atoms with Crippen LogP contribution in [-0.4, -0.2) is 19.8 Å². The SMILES string of the molecule is C=CCc1c(O)cccc1CCCCC.O=P(O)(O)O. The second-order valence-corrected chi connectivity index (χ2v) is 5.40. The molecule has 1 aromatic rings. The summed E-state index contributed by atoms with van der Waals surface area (Å²) in [5.74, 6) is 0.406. The van der Waals surface area contributed by atoms with E-state index in [0.29, 0.717) is 5.75 Å². The number of allylic oxidation sites excluding steroid dienone is 1. The standard InChI is InChI=1S/C14H20O.H3O4P/c1-3-5-6-9-12-10-7-11-14(15)13(12)8-4-2;1-5(2,3)4/h4,7,10-11,15H,2-3,5-6,8-9H2,1H3;(H3,1,2,3,4). The van der Waals surface area contributed by atoms with Crippen LogP contribution in [0.1, 0.15) is 37.3 Å². The van der Waals surface area contributed by atoms with Crippen LogP contribution in [0, 0.1) is 0 Å². The minimum Gasteiger partial charge on any atom is -0.508 e. The van der Waals surface area contributed by atoms with E-state index in [9.17, 15) is 5.11 Å². The number of phenols is 1. The molecule has 0 saturated heterocycles. The monoisotopic (exact) mass is 302 g/mol. The van der Waals surface area contributed by atoms with Gasteiger partial charge in [-0.05, 0) is 30.9 Å². The van der Waals surface area contributed by atoms with E-state index in [1.807, 2.05) is 12.1 Å². The van der Waals surface area contributed by atoms with Gasteiger partial charge in [-0.15, -0.1) is 6.58 Å². The first-order chi connectivity index (χ1) is 9.29. The fourth-order valence-corrected chi connectivity index (χ4v) is 1.80. The van der Waals surface area contributed by atoms with E-state index in [1.54, 1.807) is 6.07 Å². The molecule has 1 rings (SSSR count). The smallest absolute Gasteiger partial charge is 0.466 e. The van der Waals surface area contributed by atoms with Crippen LogP contribution in [-0.2, 0) is 17.4 Å². The van der Waals surface area contributed by atoms with E-state index in [-0.39, 0.29) is 0 Å². The van der Waals surface area contributed by atoms with E-state index < -0.39 is 7.82 Å². The van der Waals surface area contributed by atoms with Crippen molar-refractivity contribution in [2.45, 2.75) is 39.0 Å². The Labute approximate surface area is 119 Å². The fourth-order valence-electron chi connectivity index (χ4n) is 1.80. The minimum absolute atomic E-state index is 0.406. The van der Waals surface area contributed by atoms with Crippen LogP contribution in [0.15, 0.2) is 30.9 Å². The number of aromatic hydroxyl groups is 1. The van der Waals surface area contributed by atoms with Gasteiger partial charge >= 0.3 is 7.82 Å². The molecule has 1 aromatic carbocycles. The molecule has 0 saturated carbocycles. The minimum atomic E-state index is -4.64. The van der Waals surface area contributed by atoms with Gasteiger partial charge in [0.25, 0.3) is 0 Å². The largest absolute Gasteiger partial charge is 0.508 e. The maximum absolute atomic E-state index is 9.73. The van der Waals surface area contributed by atoms with Crippen LogP contribution in [0.3, 0.4) is 0 Å². The normalized spacial score (nSPS) is 10.6. The molecular weight excluding hydrogens is 279 g/mol. The maximum Gasteiger partial charge on any atom is 0.466 e. The summed E-state index contributed by atoms with van der Waals surface area (Å²) in [6, 6.07) is 5.78. The topological polar surface area (TPSA) is 98.0 Å². The third-order valence-corrected chi connectivity index (χ3v) is 2.65. The molecule has 20 heavy (non-hydrogen) atoms. The molecule has 0 amide bonds. The molecule has 0 heterocycles. The van der Waals surface area contributed by atoms with Gasteiger partial charge in [0, 0.05) is 5.56 Å². The Kier molecular flexibility index (Phi) is 9.17. The van der Waals surface area contributed by atoms with Gasteiger partial charge in [0.1, 0.15) is 5.75 Å². The first kappa shape index (κ1) is 18.9. The molecule has 0 aliphatic heterocycles. The molecule has 0 spiro atoms. The van der Waals surface area contributed by atoms with Crippen molar-refractivity contribution in [3.63, 3.8) is 0 Å². The van der Waals surface area contributed by atoms with E-state index in [1.165, 1.54) is 24.8 Å². The van der Waals surface area contributed by atoms with Crippen molar-refractivity contribution in [3.8, 4) is 5.75 Å². The molecule has 0 bridgehead atoms. The maximum atomic E-state index is 9.73. The third kappa shape index (κ3) is 9.75. The van der Waals surface area contributed by atoms with Gasteiger partial charge < -0.3 is 19.8 Å². The molecular formula is C14H23O5P. The highest BCUT2D eigenvalue weighted by Gasteiger charge is 2.05. The number of aryl methyl sites for hydroxylation is 1. The lowest BCUT2D eigenvalue weighted by molar-refractivity contribution is 0.275. The number of phosphoric acid groups is 1. The van der Waals surface area contributed by atoms with Gasteiger partial charge in [0.05, 0.1) is 0 Å². The molecule has 0 radical (unpaired) electrons. The zero-order valence-electron chi connectivity index (χ0n) is 11.7. The van der Waals surface area contributed by atoms with E-state index in [4.69, 9.17) is 19.2 Å². The van der Waals surface area contributed by atoms with Gasteiger partial charge in [-0.3, -0.25) is 0 Å². The van der Waals surface area contributed by atoms with Crippen LogP contribution in [0.4, 0.5) is 0 Å². The van der Waals surface area contributed by atoms with Gasteiger partial charge in [0.2, 0.25) is 0 Å². The van der Waals surface area contributed by atoms with Crippen LogP contribution in [0.5, 0.6) is 5.75 Å². The Morgan fingerprint density at radius 1 is 1.25 bits per heavy atom. The van der Waals surface area contributed by atoms with Crippen molar-refractivity contribution in [2.24, 2.45) is 0 Å². The molecule has 6 heteroatoms. The lowest BCUT2D eigenvalue weighted by Crippen LogP contribution is -1.94. The highest BCUT2D eigenvalue weighted by atomic mass is 31.2. The molecule has 0 aromatic heterocycles. The Morgan fingerprint density at radius 3 is 2.35 bits per heavy atom. The number of unbranched alkanes of at least 4 members (excludes halogenated alkanes) is 2. The summed E-state index contributed by atoms with van der Waals surface area (Å²) in [7, 11) is -4.64. The van der Waals surface area contributed by atoms with Crippen LogP contribution < -0.4 is 0 Å². The predicted molar refractivity (Wildman–Crippen MR) is 79.5 cm³/mol. The summed E-state index contributed by atoms with van der Waals surface area (Å²) < 4.78 is 8.88. The summed E-state index contributed by atoms with van der Waals surface area (Å²) in [5.41, 5.74) is 2.31. The average molecular weight is 302 g/mol. The lowest BCUT2D eigenvalue weighted by atomic mass is 9.98. The van der Waals surface area contributed by atoms with Crippen LogP contribution in [0.2, 0.25) is 0 Å². The molecule has 4 N–H and O–H groups in total. The molecule has 114 valence electrons. The second-order valence-electron chi connectivity index (χ2n) is 4.38. The van der Waals surface area contributed by atoms with Crippen LogP contribution in [0.25, 0.3) is 0 Å². The molecule has 5 nitrogen and oxygen atoms in total. The van der Waals surface area contributed by atoms with E-state index in [0.717, 1.165) is 18.4 Å². The fraction of sp³-hybridized carbons (Fsp3) is 0.429. The van der Waals surface area contributed by atoms with Crippen molar-refractivity contribution in [2.75, 3.05) is 0 Å². The molecule has 0 aliphatic carbocycles. The first-order valence-corrected chi connectivity index (χ1v) is 8.05. The number of hydrogen-bond donors (Lipinski definition) is 4. The Morgan fingerprint density at radius 2 is 1.85 bits per heavy atom. The average Bonchev–Trinajstić information content (AvgIpc) is 2.31. The Hall–Kier alpha value is -1.13. The predicted octanol–water partition coefficient (Wildman–Crippen LogP) is 2.92.